The highest BCUT2D eigenvalue weighted by Gasteiger charge is 2.67. The van der Waals surface area contributed by atoms with Gasteiger partial charge in [0.1, 0.15) is 5.01 Å². The summed E-state index contributed by atoms with van der Waals surface area (Å²) in [6.45, 7) is 1.95. The SMILES string of the molecule is C[C@@]12CC[C@@H](O1)[C@@H]1C(=O)N(c3ccc(-c4nccs4)c(Cl)c3)C(=O)[C@@H]12. The van der Waals surface area contributed by atoms with Crippen molar-refractivity contribution in [3.05, 3.63) is 34.8 Å². The van der Waals surface area contributed by atoms with Gasteiger partial charge in [0.25, 0.3) is 0 Å². The minimum Gasteiger partial charge on any atom is -0.370 e. The van der Waals surface area contributed by atoms with Crippen LogP contribution in [0.4, 0.5) is 5.69 Å². The molecule has 2 bridgehead atoms. The van der Waals surface area contributed by atoms with Crippen LogP contribution in [0.1, 0.15) is 19.8 Å². The molecule has 0 aliphatic carbocycles. The number of benzene rings is 1. The first kappa shape index (κ1) is 15.5. The van der Waals surface area contributed by atoms with Gasteiger partial charge in [0, 0.05) is 17.1 Å². The number of rotatable bonds is 2. The van der Waals surface area contributed by atoms with Crippen LogP contribution in [0.2, 0.25) is 5.02 Å². The molecule has 2 amide bonds. The van der Waals surface area contributed by atoms with Crippen LogP contribution in [0.5, 0.6) is 0 Å². The molecule has 7 heteroatoms. The Bertz CT molecular complexity index is 900. The number of halogens is 1. The average Bonchev–Trinajstić information content (AvgIpc) is 3.31. The molecule has 0 spiro atoms. The fourth-order valence-corrected chi connectivity index (χ4v) is 5.51. The predicted molar refractivity (Wildman–Crippen MR) is 94.5 cm³/mol. The Balaban J connectivity index is 1.53. The van der Waals surface area contributed by atoms with E-state index in [2.05, 4.69) is 4.98 Å². The number of aromatic nitrogens is 1. The van der Waals surface area contributed by atoms with Crippen LogP contribution in [0, 0.1) is 11.8 Å². The monoisotopic (exact) mass is 374 g/mol. The number of hydrogen-bond donors (Lipinski definition) is 0. The van der Waals surface area contributed by atoms with Gasteiger partial charge in [0.2, 0.25) is 11.8 Å². The molecule has 5 nitrogen and oxygen atoms in total. The summed E-state index contributed by atoms with van der Waals surface area (Å²) in [6, 6.07) is 5.27. The maximum Gasteiger partial charge on any atom is 0.240 e. The third-order valence-electron chi connectivity index (χ3n) is 5.63. The first-order chi connectivity index (χ1) is 12.0. The minimum absolute atomic E-state index is 0.137. The Morgan fingerprint density at radius 1 is 1.36 bits per heavy atom. The number of imide groups is 1. The van der Waals surface area contributed by atoms with Crippen molar-refractivity contribution in [3.8, 4) is 10.6 Å². The molecule has 0 saturated carbocycles. The van der Waals surface area contributed by atoms with E-state index in [9.17, 15) is 9.59 Å². The van der Waals surface area contributed by atoms with E-state index in [0.717, 1.165) is 23.4 Å². The minimum atomic E-state index is -0.512. The van der Waals surface area contributed by atoms with Gasteiger partial charge >= 0.3 is 0 Å². The summed E-state index contributed by atoms with van der Waals surface area (Å²) < 4.78 is 5.94. The Morgan fingerprint density at radius 2 is 2.20 bits per heavy atom. The van der Waals surface area contributed by atoms with Crippen LogP contribution in [-0.2, 0) is 14.3 Å². The first-order valence-electron chi connectivity index (χ1n) is 8.25. The summed E-state index contributed by atoms with van der Waals surface area (Å²) in [5.41, 5.74) is 0.814. The number of hydrogen-bond acceptors (Lipinski definition) is 5. The van der Waals surface area contributed by atoms with Gasteiger partial charge in [-0.2, -0.15) is 0 Å². The van der Waals surface area contributed by atoms with Crippen molar-refractivity contribution in [1.29, 1.82) is 0 Å². The van der Waals surface area contributed by atoms with E-state index in [1.807, 2.05) is 18.4 Å². The quantitative estimate of drug-likeness (QED) is 0.754. The van der Waals surface area contributed by atoms with Crippen LogP contribution in [0.3, 0.4) is 0 Å². The molecule has 1 aromatic heterocycles. The molecule has 3 fully saturated rings. The number of anilines is 1. The molecule has 5 rings (SSSR count). The van der Waals surface area contributed by atoms with E-state index in [4.69, 9.17) is 16.3 Å². The number of amides is 2. The Hall–Kier alpha value is -1.76. The number of ether oxygens (including phenoxy) is 1. The van der Waals surface area contributed by atoms with Gasteiger partial charge in [0.05, 0.1) is 34.3 Å². The van der Waals surface area contributed by atoms with Crippen molar-refractivity contribution in [2.75, 3.05) is 4.90 Å². The zero-order valence-electron chi connectivity index (χ0n) is 13.4. The Labute approximate surface area is 153 Å². The highest BCUT2D eigenvalue weighted by molar-refractivity contribution is 7.13. The van der Waals surface area contributed by atoms with Gasteiger partial charge in [-0.25, -0.2) is 9.88 Å². The van der Waals surface area contributed by atoms with Crippen LogP contribution < -0.4 is 4.90 Å². The van der Waals surface area contributed by atoms with Crippen molar-refractivity contribution >= 4 is 40.4 Å². The molecule has 3 aliphatic heterocycles. The normalized spacial score (nSPS) is 33.4. The second-order valence-corrected chi connectivity index (χ2v) is 8.33. The zero-order chi connectivity index (χ0) is 17.3. The predicted octanol–water partition coefficient (Wildman–Crippen LogP) is 3.52. The number of fused-ring (bicyclic) bond motifs is 5. The molecular weight excluding hydrogens is 360 g/mol. The van der Waals surface area contributed by atoms with E-state index >= 15 is 0 Å². The van der Waals surface area contributed by atoms with E-state index in [1.165, 1.54) is 16.2 Å². The smallest absolute Gasteiger partial charge is 0.240 e. The zero-order valence-corrected chi connectivity index (χ0v) is 15.0. The molecule has 2 aromatic rings. The van der Waals surface area contributed by atoms with Crippen LogP contribution in [-0.4, -0.2) is 28.5 Å². The number of thiazole rings is 1. The molecule has 25 heavy (non-hydrogen) atoms. The van der Waals surface area contributed by atoms with Gasteiger partial charge in [-0.15, -0.1) is 11.3 Å². The largest absolute Gasteiger partial charge is 0.370 e. The third kappa shape index (κ3) is 2.02. The first-order valence-corrected chi connectivity index (χ1v) is 9.50. The molecule has 3 saturated heterocycles. The molecule has 3 aliphatic rings. The van der Waals surface area contributed by atoms with Gasteiger partial charge < -0.3 is 4.74 Å². The van der Waals surface area contributed by atoms with Gasteiger partial charge in [-0.3, -0.25) is 9.59 Å². The van der Waals surface area contributed by atoms with Crippen LogP contribution >= 0.6 is 22.9 Å². The molecule has 0 unspecified atom stereocenters. The van der Waals surface area contributed by atoms with Gasteiger partial charge in [-0.1, -0.05) is 11.6 Å². The van der Waals surface area contributed by atoms with Crippen molar-refractivity contribution in [3.63, 3.8) is 0 Å². The Morgan fingerprint density at radius 3 is 2.88 bits per heavy atom. The standard InChI is InChI=1S/C18H15ClN2O3S/c1-18-5-4-12(24-18)13-14(18)17(23)21(16(13)22)9-2-3-10(11(19)8-9)15-20-6-7-25-15/h2-3,6-8,12-14H,4-5H2,1H3/t12-,13+,14-,18+/m1/s1. The second-order valence-electron chi connectivity index (χ2n) is 7.02. The third-order valence-corrected chi connectivity index (χ3v) is 6.75. The number of carbonyl (C=O) groups is 2. The molecule has 0 radical (unpaired) electrons. The highest BCUT2D eigenvalue weighted by atomic mass is 35.5. The molecule has 0 N–H and O–H groups in total. The van der Waals surface area contributed by atoms with Crippen molar-refractivity contribution < 1.29 is 14.3 Å². The summed E-state index contributed by atoms with van der Waals surface area (Å²) in [5.74, 6) is -1.07. The van der Waals surface area contributed by atoms with Gasteiger partial charge in [-0.05, 0) is 38.0 Å². The Kier molecular flexibility index (Phi) is 3.18. The molecule has 1 aromatic carbocycles. The molecule has 4 heterocycles. The van der Waals surface area contributed by atoms with Crippen molar-refractivity contribution in [1.82, 2.24) is 4.98 Å². The second kappa shape index (κ2) is 5.13. The fraction of sp³-hybridized carbons (Fsp3) is 0.389. The van der Waals surface area contributed by atoms with E-state index in [1.54, 1.807) is 18.3 Å². The van der Waals surface area contributed by atoms with E-state index < -0.39 is 5.60 Å². The summed E-state index contributed by atoms with van der Waals surface area (Å²) in [7, 11) is 0. The maximum atomic E-state index is 13.0. The van der Waals surface area contributed by atoms with Crippen molar-refractivity contribution in [2.24, 2.45) is 11.8 Å². The maximum absolute atomic E-state index is 13.0. The van der Waals surface area contributed by atoms with Crippen LogP contribution in [0.15, 0.2) is 29.8 Å². The fourth-order valence-electron chi connectivity index (χ4n) is 4.51. The van der Waals surface area contributed by atoms with Crippen molar-refractivity contribution in [2.45, 2.75) is 31.5 Å². The highest BCUT2D eigenvalue weighted by Crippen LogP contribution is 2.55. The molecule has 128 valence electrons. The molecular formula is C18H15ClN2O3S. The summed E-state index contributed by atoms with van der Waals surface area (Å²) in [4.78, 5) is 31.5. The lowest BCUT2D eigenvalue weighted by atomic mass is 9.74. The summed E-state index contributed by atoms with van der Waals surface area (Å²) >= 11 is 7.90. The summed E-state index contributed by atoms with van der Waals surface area (Å²) in [5, 5.41) is 3.17. The average molecular weight is 375 g/mol. The number of carbonyl (C=O) groups excluding carboxylic acids is 2. The van der Waals surface area contributed by atoms with Gasteiger partial charge in [0.15, 0.2) is 0 Å². The van der Waals surface area contributed by atoms with E-state index in [-0.39, 0.29) is 29.8 Å². The van der Waals surface area contributed by atoms with Crippen LogP contribution in [0.25, 0.3) is 10.6 Å². The number of nitrogens with zero attached hydrogens (tertiary/aromatic N) is 2. The lowest BCUT2D eigenvalue weighted by molar-refractivity contribution is -0.126. The topological polar surface area (TPSA) is 59.5 Å². The summed E-state index contributed by atoms with van der Waals surface area (Å²) in [6.07, 6.45) is 3.25. The van der Waals surface area contributed by atoms with E-state index in [0.29, 0.717) is 10.7 Å². The lowest BCUT2D eigenvalue weighted by Gasteiger charge is -2.26. The molecule has 4 atom stereocenters. The lowest BCUT2D eigenvalue weighted by Crippen LogP contribution is -2.39.